The van der Waals surface area contributed by atoms with E-state index < -0.39 is 8.32 Å². The van der Waals surface area contributed by atoms with E-state index in [-0.39, 0.29) is 23.1 Å². The zero-order valence-electron chi connectivity index (χ0n) is 11.1. The Morgan fingerprint density at radius 3 is 2.06 bits per heavy atom. The van der Waals surface area contributed by atoms with Crippen molar-refractivity contribution in [3.05, 3.63) is 18.0 Å². The fraction of sp³-hybridized carbons (Fsp3) is 0.583. The Bertz CT molecular complexity index is 379. The lowest BCUT2D eigenvalue weighted by molar-refractivity contribution is 0.264. The van der Waals surface area contributed by atoms with Crippen LogP contribution in [0.15, 0.2) is 12.4 Å². The molecule has 0 bridgehead atoms. The summed E-state index contributed by atoms with van der Waals surface area (Å²) in [5, 5.41) is 19.3. The highest BCUT2D eigenvalue weighted by atomic mass is 28.4. The van der Waals surface area contributed by atoms with Crippen LogP contribution < -0.4 is 0 Å². The normalized spacial score (nSPS) is 12.8. The molecule has 0 aliphatic carbocycles. The van der Waals surface area contributed by atoms with Gasteiger partial charge in [0.2, 0.25) is 0 Å². The number of aromatic nitrogens is 1. The lowest BCUT2D eigenvalue weighted by Crippen LogP contribution is -2.40. The van der Waals surface area contributed by atoms with E-state index in [1.165, 1.54) is 12.4 Å². The van der Waals surface area contributed by atoms with Crippen molar-refractivity contribution in [2.75, 3.05) is 0 Å². The Morgan fingerprint density at radius 1 is 1.18 bits per heavy atom. The summed E-state index contributed by atoms with van der Waals surface area (Å²) in [4.78, 5) is 3.69. The molecular formula is C12H21NO3Si. The maximum Gasteiger partial charge on any atom is 0.192 e. The quantitative estimate of drug-likeness (QED) is 0.815. The summed E-state index contributed by atoms with van der Waals surface area (Å²) in [7, 11) is -1.88. The maximum absolute atomic E-state index is 9.60. The molecule has 0 atom stereocenters. The van der Waals surface area contributed by atoms with Crippen LogP contribution in [0.25, 0.3) is 0 Å². The molecule has 1 heterocycles. The summed E-state index contributed by atoms with van der Waals surface area (Å²) < 4.78 is 5.93. The Labute approximate surface area is 103 Å². The summed E-state index contributed by atoms with van der Waals surface area (Å²) in [6.07, 6.45) is 2.62. The van der Waals surface area contributed by atoms with Crippen molar-refractivity contribution in [3.8, 4) is 11.5 Å². The van der Waals surface area contributed by atoms with E-state index >= 15 is 0 Å². The highest BCUT2D eigenvalue weighted by Gasteiger charge is 2.37. The molecule has 96 valence electrons. The molecule has 0 saturated carbocycles. The third kappa shape index (κ3) is 3.20. The number of aromatic hydroxyl groups is 2. The van der Waals surface area contributed by atoms with E-state index in [1.54, 1.807) is 0 Å². The molecule has 1 rings (SSSR count). The van der Waals surface area contributed by atoms with Crippen molar-refractivity contribution in [2.24, 2.45) is 0 Å². The van der Waals surface area contributed by atoms with Crippen LogP contribution in [0.2, 0.25) is 18.1 Å². The number of hydrogen-bond acceptors (Lipinski definition) is 4. The minimum absolute atomic E-state index is 0.0243. The molecule has 0 saturated heterocycles. The summed E-state index contributed by atoms with van der Waals surface area (Å²) in [5.74, 6) is -0.0487. The van der Waals surface area contributed by atoms with Crippen molar-refractivity contribution >= 4 is 8.32 Å². The molecule has 4 nitrogen and oxygen atoms in total. The van der Waals surface area contributed by atoms with Gasteiger partial charge in [-0.15, -0.1) is 0 Å². The standard InChI is InChI=1S/C12H21NO3Si/c1-12(2,3)17(4,5)16-8-9-10(14)6-13-7-11(9)15/h6-7,14-15H,8H2,1-5H3. The summed E-state index contributed by atoms with van der Waals surface area (Å²) >= 11 is 0. The van der Waals surface area contributed by atoms with Gasteiger partial charge in [-0.05, 0) is 18.1 Å². The number of pyridine rings is 1. The fourth-order valence-electron chi connectivity index (χ4n) is 1.08. The Hall–Kier alpha value is -1.07. The van der Waals surface area contributed by atoms with Crippen molar-refractivity contribution in [1.29, 1.82) is 0 Å². The van der Waals surface area contributed by atoms with Gasteiger partial charge in [0.15, 0.2) is 8.32 Å². The molecule has 0 unspecified atom stereocenters. The summed E-state index contributed by atoms with van der Waals surface area (Å²) in [6, 6.07) is 0. The zero-order valence-corrected chi connectivity index (χ0v) is 12.1. The van der Waals surface area contributed by atoms with Crippen molar-refractivity contribution in [3.63, 3.8) is 0 Å². The minimum atomic E-state index is -1.88. The first-order valence-corrected chi connectivity index (χ1v) is 8.55. The van der Waals surface area contributed by atoms with Crippen LogP contribution in [0.3, 0.4) is 0 Å². The third-order valence-corrected chi connectivity index (χ3v) is 7.87. The van der Waals surface area contributed by atoms with Gasteiger partial charge in [0.05, 0.1) is 24.6 Å². The molecule has 0 fully saturated rings. The number of nitrogens with zero attached hydrogens (tertiary/aromatic N) is 1. The van der Waals surface area contributed by atoms with Gasteiger partial charge in [-0.1, -0.05) is 20.8 Å². The molecule has 0 aromatic carbocycles. The second-order valence-electron chi connectivity index (χ2n) is 5.71. The van der Waals surface area contributed by atoms with Gasteiger partial charge in [-0.3, -0.25) is 4.98 Å². The van der Waals surface area contributed by atoms with Crippen molar-refractivity contribution in [1.82, 2.24) is 4.98 Å². The van der Waals surface area contributed by atoms with Gasteiger partial charge in [0, 0.05) is 0 Å². The van der Waals surface area contributed by atoms with E-state index in [0.717, 1.165) is 0 Å². The molecule has 17 heavy (non-hydrogen) atoms. The van der Waals surface area contributed by atoms with Crippen molar-refractivity contribution < 1.29 is 14.6 Å². The largest absolute Gasteiger partial charge is 0.506 e. The molecule has 0 amide bonds. The molecular weight excluding hydrogens is 234 g/mol. The molecule has 1 aromatic rings. The van der Waals surface area contributed by atoms with E-state index in [1.807, 2.05) is 0 Å². The zero-order chi connectivity index (χ0) is 13.3. The van der Waals surface area contributed by atoms with Crippen LogP contribution in [-0.4, -0.2) is 23.5 Å². The van der Waals surface area contributed by atoms with E-state index in [4.69, 9.17) is 4.43 Å². The molecule has 0 radical (unpaired) electrons. The Morgan fingerprint density at radius 2 is 1.65 bits per heavy atom. The first-order valence-electron chi connectivity index (χ1n) is 5.64. The third-order valence-electron chi connectivity index (χ3n) is 3.40. The highest BCUT2D eigenvalue weighted by molar-refractivity contribution is 6.74. The lowest BCUT2D eigenvalue weighted by Gasteiger charge is -2.36. The van der Waals surface area contributed by atoms with Crippen LogP contribution >= 0.6 is 0 Å². The van der Waals surface area contributed by atoms with Gasteiger partial charge < -0.3 is 14.6 Å². The first-order chi connectivity index (χ1) is 7.65. The number of hydrogen-bond donors (Lipinski definition) is 2. The summed E-state index contributed by atoms with van der Waals surface area (Å²) in [5.41, 5.74) is 0.407. The van der Waals surface area contributed by atoms with Gasteiger partial charge >= 0.3 is 0 Å². The smallest absolute Gasteiger partial charge is 0.192 e. The van der Waals surface area contributed by atoms with Crippen molar-refractivity contribution in [2.45, 2.75) is 45.5 Å². The van der Waals surface area contributed by atoms with Gasteiger partial charge in [-0.2, -0.15) is 0 Å². The minimum Gasteiger partial charge on any atom is -0.506 e. The lowest BCUT2D eigenvalue weighted by atomic mass is 10.2. The van der Waals surface area contributed by atoms with E-state index in [9.17, 15) is 10.2 Å². The SMILES string of the molecule is CC(C)(C)[Si](C)(C)OCc1c(O)cncc1O. The summed E-state index contributed by atoms with van der Waals surface area (Å²) in [6.45, 7) is 10.9. The molecule has 0 aliphatic heterocycles. The second-order valence-corrected chi connectivity index (χ2v) is 10.5. The van der Waals surface area contributed by atoms with E-state index in [2.05, 4.69) is 38.8 Å². The van der Waals surface area contributed by atoms with Gasteiger partial charge in [0.1, 0.15) is 11.5 Å². The molecule has 0 aliphatic rings. The second kappa shape index (κ2) is 4.66. The molecule has 0 spiro atoms. The highest BCUT2D eigenvalue weighted by Crippen LogP contribution is 2.38. The topological polar surface area (TPSA) is 62.6 Å². The van der Waals surface area contributed by atoms with Crippen LogP contribution in [-0.2, 0) is 11.0 Å². The Kier molecular flexibility index (Phi) is 3.83. The monoisotopic (exact) mass is 255 g/mol. The fourth-order valence-corrected chi connectivity index (χ4v) is 2.02. The molecule has 5 heteroatoms. The average molecular weight is 255 g/mol. The average Bonchev–Trinajstić information content (AvgIpc) is 2.15. The predicted octanol–water partition coefficient (Wildman–Crippen LogP) is 3.01. The van der Waals surface area contributed by atoms with Crippen LogP contribution in [0.5, 0.6) is 11.5 Å². The van der Waals surface area contributed by atoms with Crippen LogP contribution in [0, 0.1) is 0 Å². The van der Waals surface area contributed by atoms with Gasteiger partial charge in [-0.25, -0.2) is 0 Å². The number of rotatable bonds is 3. The maximum atomic E-state index is 9.60. The van der Waals surface area contributed by atoms with Crippen LogP contribution in [0.1, 0.15) is 26.3 Å². The Balaban J connectivity index is 2.81. The first kappa shape index (κ1) is 14.0. The predicted molar refractivity (Wildman–Crippen MR) is 69.6 cm³/mol. The molecule has 2 N–H and O–H groups in total. The van der Waals surface area contributed by atoms with E-state index in [0.29, 0.717) is 5.56 Å². The van der Waals surface area contributed by atoms with Crippen LogP contribution in [0.4, 0.5) is 0 Å². The molecule has 1 aromatic heterocycles. The van der Waals surface area contributed by atoms with Gasteiger partial charge in [0.25, 0.3) is 0 Å².